The summed E-state index contributed by atoms with van der Waals surface area (Å²) >= 11 is 0. The second-order valence-electron chi connectivity index (χ2n) is 5.81. The minimum Gasteiger partial charge on any atom is -0.489 e. The van der Waals surface area contributed by atoms with Gasteiger partial charge >= 0.3 is 0 Å². The number of methoxy groups -OCH3 is 1. The van der Waals surface area contributed by atoms with Crippen LogP contribution in [-0.4, -0.2) is 49.6 Å². The van der Waals surface area contributed by atoms with Crippen molar-refractivity contribution < 1.29 is 19.1 Å². The Hall–Kier alpha value is -2.08. The lowest BCUT2D eigenvalue weighted by atomic mass is 10.2. The van der Waals surface area contributed by atoms with Crippen LogP contribution in [0, 0.1) is 0 Å². The highest BCUT2D eigenvalue weighted by Crippen LogP contribution is 2.24. The molecule has 0 bridgehead atoms. The molecule has 6 heteroatoms. The van der Waals surface area contributed by atoms with Crippen molar-refractivity contribution in [1.29, 1.82) is 0 Å². The van der Waals surface area contributed by atoms with E-state index < -0.39 is 0 Å². The van der Waals surface area contributed by atoms with Crippen LogP contribution in [0.4, 0.5) is 5.69 Å². The van der Waals surface area contributed by atoms with Crippen molar-refractivity contribution in [3.8, 4) is 5.75 Å². The molecule has 1 rings (SSSR count). The monoisotopic (exact) mass is 336 g/mol. The van der Waals surface area contributed by atoms with E-state index in [2.05, 4.69) is 5.32 Å². The van der Waals surface area contributed by atoms with E-state index in [4.69, 9.17) is 9.47 Å². The molecule has 1 N–H and O–H groups in total. The molecule has 0 atom stereocenters. The minimum absolute atomic E-state index is 0.0250. The Labute approximate surface area is 144 Å². The summed E-state index contributed by atoms with van der Waals surface area (Å²) in [5.41, 5.74) is 0.643. The highest BCUT2D eigenvalue weighted by atomic mass is 16.5. The van der Waals surface area contributed by atoms with Crippen LogP contribution >= 0.6 is 0 Å². The highest BCUT2D eigenvalue weighted by Gasteiger charge is 2.13. The van der Waals surface area contributed by atoms with Gasteiger partial charge < -0.3 is 19.7 Å². The molecule has 2 amide bonds. The lowest BCUT2D eigenvalue weighted by Crippen LogP contribution is -2.33. The molecule has 0 aliphatic heterocycles. The van der Waals surface area contributed by atoms with Gasteiger partial charge in [-0.2, -0.15) is 0 Å². The maximum atomic E-state index is 12.2. The van der Waals surface area contributed by atoms with Gasteiger partial charge in [0.15, 0.2) is 0 Å². The van der Waals surface area contributed by atoms with E-state index in [0.29, 0.717) is 31.1 Å². The van der Waals surface area contributed by atoms with Crippen LogP contribution in [0.25, 0.3) is 0 Å². The summed E-state index contributed by atoms with van der Waals surface area (Å²) < 4.78 is 10.7. The number of carbonyl (C=O) groups is 2. The quantitative estimate of drug-likeness (QED) is 0.667. The molecule has 0 fully saturated rings. The molecular formula is C18H28N2O4. The van der Waals surface area contributed by atoms with Gasteiger partial charge in [-0.25, -0.2) is 0 Å². The number of amides is 2. The van der Waals surface area contributed by atoms with Crippen molar-refractivity contribution in [1.82, 2.24) is 4.90 Å². The molecular weight excluding hydrogens is 308 g/mol. The third-order valence-electron chi connectivity index (χ3n) is 3.35. The molecule has 0 saturated carbocycles. The summed E-state index contributed by atoms with van der Waals surface area (Å²) in [5.74, 6) is 0.458. The summed E-state index contributed by atoms with van der Waals surface area (Å²) in [4.78, 5) is 25.5. The average molecular weight is 336 g/mol. The lowest BCUT2D eigenvalue weighted by Gasteiger charge is -2.21. The summed E-state index contributed by atoms with van der Waals surface area (Å²) in [6.07, 6.45) is 1.02. The number of ether oxygens (including phenoxy) is 2. The molecule has 0 radical (unpaired) electrons. The van der Waals surface area contributed by atoms with Crippen molar-refractivity contribution in [2.24, 2.45) is 0 Å². The van der Waals surface area contributed by atoms with Crippen molar-refractivity contribution >= 4 is 17.5 Å². The first-order chi connectivity index (χ1) is 11.4. The fourth-order valence-corrected chi connectivity index (χ4v) is 2.20. The standard InChI is InChI=1S/C18H28N2O4/c1-14(2)24-17-9-6-5-8-16(17)19-18(22)10-12-20(15(3)21)11-7-13-23-4/h5-6,8-9,14H,7,10-13H2,1-4H3,(H,19,22). The first kappa shape index (κ1) is 20.0. The Morgan fingerprint density at radius 2 is 1.92 bits per heavy atom. The van der Waals surface area contributed by atoms with E-state index in [-0.39, 0.29) is 24.3 Å². The summed E-state index contributed by atoms with van der Waals surface area (Å²) in [5, 5.41) is 2.85. The highest BCUT2D eigenvalue weighted by molar-refractivity contribution is 5.92. The van der Waals surface area contributed by atoms with Gasteiger partial charge in [0.05, 0.1) is 11.8 Å². The minimum atomic E-state index is -0.146. The number of rotatable bonds is 10. The zero-order valence-corrected chi connectivity index (χ0v) is 15.0. The smallest absolute Gasteiger partial charge is 0.226 e. The largest absolute Gasteiger partial charge is 0.489 e. The second kappa shape index (κ2) is 10.6. The number of carbonyl (C=O) groups excluding carboxylic acids is 2. The Morgan fingerprint density at radius 3 is 2.54 bits per heavy atom. The first-order valence-corrected chi connectivity index (χ1v) is 8.24. The molecule has 0 unspecified atom stereocenters. The fourth-order valence-electron chi connectivity index (χ4n) is 2.20. The third-order valence-corrected chi connectivity index (χ3v) is 3.35. The maximum absolute atomic E-state index is 12.2. The fraction of sp³-hybridized carbons (Fsp3) is 0.556. The van der Waals surface area contributed by atoms with Gasteiger partial charge in [0, 0.05) is 40.2 Å². The van der Waals surface area contributed by atoms with Gasteiger partial charge in [0.1, 0.15) is 5.75 Å². The zero-order valence-electron chi connectivity index (χ0n) is 15.0. The van der Waals surface area contributed by atoms with Crippen LogP contribution in [0.15, 0.2) is 24.3 Å². The van der Waals surface area contributed by atoms with Crippen molar-refractivity contribution in [2.45, 2.75) is 39.7 Å². The second-order valence-corrected chi connectivity index (χ2v) is 5.81. The van der Waals surface area contributed by atoms with E-state index in [1.54, 1.807) is 18.1 Å². The molecule has 1 aromatic rings. The van der Waals surface area contributed by atoms with E-state index in [0.717, 1.165) is 6.42 Å². The van der Waals surface area contributed by atoms with E-state index >= 15 is 0 Å². The molecule has 0 spiro atoms. The Kier molecular flexibility index (Phi) is 8.86. The Bertz CT molecular complexity index is 532. The van der Waals surface area contributed by atoms with E-state index in [9.17, 15) is 9.59 Å². The van der Waals surface area contributed by atoms with Crippen molar-refractivity contribution in [3.05, 3.63) is 24.3 Å². The first-order valence-electron chi connectivity index (χ1n) is 8.24. The van der Waals surface area contributed by atoms with Crippen LogP contribution in [0.2, 0.25) is 0 Å². The van der Waals surface area contributed by atoms with E-state index in [1.807, 2.05) is 32.0 Å². The number of anilines is 1. The van der Waals surface area contributed by atoms with Crippen molar-refractivity contribution in [2.75, 3.05) is 32.1 Å². The molecule has 0 aliphatic rings. The maximum Gasteiger partial charge on any atom is 0.226 e. The number of nitrogens with one attached hydrogen (secondary N) is 1. The Morgan fingerprint density at radius 1 is 1.21 bits per heavy atom. The third kappa shape index (κ3) is 7.46. The number of hydrogen-bond donors (Lipinski definition) is 1. The van der Waals surface area contributed by atoms with Crippen LogP contribution in [0.5, 0.6) is 5.75 Å². The topological polar surface area (TPSA) is 67.9 Å². The van der Waals surface area contributed by atoms with Crippen LogP contribution < -0.4 is 10.1 Å². The average Bonchev–Trinajstić information content (AvgIpc) is 2.51. The molecule has 0 saturated heterocycles. The van der Waals surface area contributed by atoms with Gasteiger partial charge in [0.25, 0.3) is 0 Å². The zero-order chi connectivity index (χ0) is 17.9. The predicted octanol–water partition coefficient (Wildman–Crippen LogP) is 2.69. The Balaban J connectivity index is 2.54. The molecule has 0 aromatic heterocycles. The number of benzene rings is 1. The molecule has 6 nitrogen and oxygen atoms in total. The molecule has 134 valence electrons. The van der Waals surface area contributed by atoms with Gasteiger partial charge in [-0.1, -0.05) is 12.1 Å². The lowest BCUT2D eigenvalue weighted by molar-refractivity contribution is -0.129. The van der Waals surface area contributed by atoms with Crippen LogP contribution in [-0.2, 0) is 14.3 Å². The summed E-state index contributed by atoms with van der Waals surface area (Å²) in [6, 6.07) is 7.33. The summed E-state index contributed by atoms with van der Waals surface area (Å²) in [7, 11) is 1.63. The summed E-state index contributed by atoms with van der Waals surface area (Å²) in [6.45, 7) is 6.95. The molecule has 1 aromatic carbocycles. The van der Waals surface area contributed by atoms with E-state index in [1.165, 1.54) is 6.92 Å². The molecule has 0 heterocycles. The normalized spacial score (nSPS) is 10.5. The van der Waals surface area contributed by atoms with Gasteiger partial charge in [-0.3, -0.25) is 9.59 Å². The number of nitrogens with zero attached hydrogens (tertiary/aromatic N) is 1. The number of hydrogen-bond acceptors (Lipinski definition) is 4. The van der Waals surface area contributed by atoms with Gasteiger partial charge in [-0.15, -0.1) is 0 Å². The SMILES string of the molecule is COCCCN(CCC(=O)Nc1ccccc1OC(C)C)C(C)=O. The van der Waals surface area contributed by atoms with Crippen molar-refractivity contribution in [3.63, 3.8) is 0 Å². The molecule has 0 aliphatic carbocycles. The van der Waals surface area contributed by atoms with Crippen LogP contribution in [0.3, 0.4) is 0 Å². The van der Waals surface area contributed by atoms with Crippen LogP contribution in [0.1, 0.15) is 33.6 Å². The number of para-hydroxylation sites is 2. The van der Waals surface area contributed by atoms with Gasteiger partial charge in [-0.05, 0) is 32.4 Å². The van der Waals surface area contributed by atoms with Gasteiger partial charge in [0.2, 0.25) is 11.8 Å². The molecule has 24 heavy (non-hydrogen) atoms. The predicted molar refractivity (Wildman–Crippen MR) is 94.2 cm³/mol.